The zero-order valence-corrected chi connectivity index (χ0v) is 10.9. The first-order valence-electron chi connectivity index (χ1n) is 6.40. The van der Waals surface area contributed by atoms with E-state index in [-0.39, 0.29) is 19.6 Å². The van der Waals surface area contributed by atoms with Crippen LogP contribution in [0.1, 0.15) is 12.0 Å². The fourth-order valence-electron chi connectivity index (χ4n) is 2.24. The summed E-state index contributed by atoms with van der Waals surface area (Å²) in [5.41, 5.74) is 0.941. The van der Waals surface area contributed by atoms with Crippen molar-refractivity contribution in [1.29, 1.82) is 0 Å². The summed E-state index contributed by atoms with van der Waals surface area (Å²) < 4.78 is 5.29. The summed E-state index contributed by atoms with van der Waals surface area (Å²) in [7, 11) is 0. The van der Waals surface area contributed by atoms with E-state index >= 15 is 0 Å². The predicted molar refractivity (Wildman–Crippen MR) is 69.9 cm³/mol. The van der Waals surface area contributed by atoms with Gasteiger partial charge in [0.05, 0.1) is 12.7 Å². The lowest BCUT2D eigenvalue weighted by Gasteiger charge is -2.20. The molecule has 6 nitrogen and oxygen atoms in total. The van der Waals surface area contributed by atoms with Gasteiger partial charge >= 0.3 is 5.97 Å². The summed E-state index contributed by atoms with van der Waals surface area (Å²) in [6, 6.07) is 8.43. The van der Waals surface area contributed by atoms with Crippen LogP contribution >= 0.6 is 0 Å². The Kier molecular flexibility index (Phi) is 4.70. The predicted octanol–water partition coefficient (Wildman–Crippen LogP) is 0.250. The van der Waals surface area contributed by atoms with Gasteiger partial charge in [-0.05, 0) is 5.56 Å². The van der Waals surface area contributed by atoms with Gasteiger partial charge in [0, 0.05) is 13.0 Å². The molecule has 2 N–H and O–H groups in total. The number of carboxylic acid groups (broad SMARTS) is 1. The highest BCUT2D eigenvalue weighted by atomic mass is 16.5. The Balaban J connectivity index is 1.84. The van der Waals surface area contributed by atoms with Crippen LogP contribution in [0.5, 0.6) is 0 Å². The molecule has 0 bridgehead atoms. The number of aliphatic hydroxyl groups excluding tert-OH is 1. The lowest BCUT2D eigenvalue weighted by Crippen LogP contribution is -2.42. The number of β-amino-alcohol motifs (C(OH)–C–C–N with tert-alkyl or cyclic N) is 1. The number of benzene rings is 1. The van der Waals surface area contributed by atoms with E-state index in [0.717, 1.165) is 10.5 Å². The molecule has 1 amide bonds. The van der Waals surface area contributed by atoms with Gasteiger partial charge in [0.25, 0.3) is 0 Å². The molecule has 6 heteroatoms. The number of carboxylic acids is 1. The second kappa shape index (κ2) is 6.49. The molecule has 0 spiro atoms. The highest BCUT2D eigenvalue weighted by Gasteiger charge is 2.38. The molecule has 1 aromatic rings. The van der Waals surface area contributed by atoms with Crippen molar-refractivity contribution in [2.24, 2.45) is 0 Å². The third-order valence-corrected chi connectivity index (χ3v) is 3.22. The molecule has 0 saturated carbocycles. The topological polar surface area (TPSA) is 87.1 Å². The summed E-state index contributed by atoms with van der Waals surface area (Å²) in [6.07, 6.45) is -0.714. The van der Waals surface area contributed by atoms with E-state index in [0.29, 0.717) is 6.61 Å². The summed E-state index contributed by atoms with van der Waals surface area (Å²) in [5.74, 6) is -1.51. The smallest absolute Gasteiger partial charge is 0.326 e. The van der Waals surface area contributed by atoms with Crippen molar-refractivity contribution in [2.75, 3.05) is 13.2 Å². The minimum Gasteiger partial charge on any atom is -0.480 e. The van der Waals surface area contributed by atoms with Crippen molar-refractivity contribution < 1.29 is 24.5 Å². The van der Waals surface area contributed by atoms with E-state index in [2.05, 4.69) is 0 Å². The second-order valence-electron chi connectivity index (χ2n) is 4.77. The molecule has 0 aromatic heterocycles. The molecule has 0 aliphatic carbocycles. The van der Waals surface area contributed by atoms with Crippen molar-refractivity contribution >= 4 is 11.9 Å². The minimum atomic E-state index is -1.10. The Morgan fingerprint density at radius 1 is 1.30 bits per heavy atom. The van der Waals surface area contributed by atoms with E-state index < -0.39 is 24.0 Å². The number of aliphatic carboxylic acids is 1. The van der Waals surface area contributed by atoms with Crippen LogP contribution in [-0.4, -0.2) is 52.3 Å². The number of hydrogen-bond donors (Lipinski definition) is 2. The molecular weight excluding hydrogens is 262 g/mol. The zero-order valence-electron chi connectivity index (χ0n) is 10.9. The van der Waals surface area contributed by atoms with Gasteiger partial charge in [-0.2, -0.15) is 0 Å². The monoisotopic (exact) mass is 279 g/mol. The van der Waals surface area contributed by atoms with Crippen molar-refractivity contribution in [1.82, 2.24) is 4.90 Å². The average Bonchev–Trinajstić information content (AvgIpc) is 2.82. The maximum atomic E-state index is 11.9. The number of hydrogen-bond acceptors (Lipinski definition) is 4. The quantitative estimate of drug-likeness (QED) is 0.806. The lowest BCUT2D eigenvalue weighted by atomic mass is 10.2. The Bertz CT molecular complexity index is 476. The fourth-order valence-corrected chi connectivity index (χ4v) is 2.24. The number of nitrogens with zero attached hydrogens (tertiary/aromatic N) is 1. The lowest BCUT2D eigenvalue weighted by molar-refractivity contribution is -0.150. The summed E-state index contributed by atoms with van der Waals surface area (Å²) in [6.45, 7) is 0.149. The van der Waals surface area contributed by atoms with Crippen LogP contribution in [0, 0.1) is 0 Å². The van der Waals surface area contributed by atoms with E-state index in [1.165, 1.54) is 0 Å². The zero-order chi connectivity index (χ0) is 14.5. The molecule has 0 radical (unpaired) electrons. The van der Waals surface area contributed by atoms with Crippen molar-refractivity contribution in [2.45, 2.75) is 25.2 Å². The summed E-state index contributed by atoms with van der Waals surface area (Å²) in [4.78, 5) is 24.1. The Hall–Kier alpha value is -1.92. The van der Waals surface area contributed by atoms with E-state index in [1.807, 2.05) is 30.3 Å². The third-order valence-electron chi connectivity index (χ3n) is 3.22. The van der Waals surface area contributed by atoms with Gasteiger partial charge in [-0.1, -0.05) is 30.3 Å². The van der Waals surface area contributed by atoms with Crippen LogP contribution in [0.25, 0.3) is 0 Å². The normalized spacial score (nSPS) is 21.9. The Morgan fingerprint density at radius 2 is 2.00 bits per heavy atom. The molecule has 1 saturated heterocycles. The van der Waals surface area contributed by atoms with Gasteiger partial charge in [0.2, 0.25) is 5.91 Å². The highest BCUT2D eigenvalue weighted by molar-refractivity contribution is 5.85. The Labute approximate surface area is 116 Å². The largest absolute Gasteiger partial charge is 0.480 e. The summed E-state index contributed by atoms with van der Waals surface area (Å²) in [5, 5.41) is 18.5. The molecule has 1 aliphatic heterocycles. The SMILES string of the molecule is O=C(O)[C@@H]1C[C@@H](O)CN1C(=O)COCc1ccccc1. The molecule has 20 heavy (non-hydrogen) atoms. The van der Waals surface area contributed by atoms with Gasteiger partial charge in [-0.15, -0.1) is 0 Å². The average molecular weight is 279 g/mol. The number of ether oxygens (including phenoxy) is 1. The third kappa shape index (κ3) is 3.55. The van der Waals surface area contributed by atoms with Gasteiger partial charge in [-0.3, -0.25) is 4.79 Å². The maximum Gasteiger partial charge on any atom is 0.326 e. The molecule has 1 aliphatic rings. The number of carbonyl (C=O) groups is 2. The fraction of sp³-hybridized carbons (Fsp3) is 0.429. The van der Waals surface area contributed by atoms with Crippen molar-refractivity contribution in [3.63, 3.8) is 0 Å². The molecule has 1 aromatic carbocycles. The molecule has 108 valence electrons. The first kappa shape index (κ1) is 14.5. The van der Waals surface area contributed by atoms with Crippen LogP contribution in [0.2, 0.25) is 0 Å². The van der Waals surface area contributed by atoms with Crippen LogP contribution in [-0.2, 0) is 20.9 Å². The first-order valence-corrected chi connectivity index (χ1v) is 6.40. The molecule has 1 heterocycles. The molecule has 1 fully saturated rings. The van der Waals surface area contributed by atoms with Gasteiger partial charge in [0.1, 0.15) is 12.6 Å². The van der Waals surface area contributed by atoms with Crippen LogP contribution in [0.3, 0.4) is 0 Å². The van der Waals surface area contributed by atoms with Crippen LogP contribution < -0.4 is 0 Å². The number of amides is 1. The standard InChI is InChI=1S/C14H17NO5/c16-11-6-12(14(18)19)15(7-11)13(17)9-20-8-10-4-2-1-3-5-10/h1-5,11-12,16H,6-9H2,(H,18,19)/t11-,12+/m1/s1. The molecule has 0 unspecified atom stereocenters. The molecular formula is C14H17NO5. The molecule has 2 rings (SSSR count). The van der Waals surface area contributed by atoms with Gasteiger partial charge in [-0.25, -0.2) is 4.79 Å². The van der Waals surface area contributed by atoms with Gasteiger partial charge < -0.3 is 19.8 Å². The van der Waals surface area contributed by atoms with Crippen LogP contribution in [0.15, 0.2) is 30.3 Å². The molecule has 2 atom stereocenters. The maximum absolute atomic E-state index is 11.9. The number of carbonyl (C=O) groups excluding carboxylic acids is 1. The van der Waals surface area contributed by atoms with Crippen molar-refractivity contribution in [3.8, 4) is 0 Å². The number of aliphatic hydroxyl groups is 1. The first-order chi connectivity index (χ1) is 9.58. The van der Waals surface area contributed by atoms with E-state index in [1.54, 1.807) is 0 Å². The summed E-state index contributed by atoms with van der Waals surface area (Å²) >= 11 is 0. The van der Waals surface area contributed by atoms with Crippen molar-refractivity contribution in [3.05, 3.63) is 35.9 Å². The number of likely N-dealkylation sites (tertiary alicyclic amines) is 1. The Morgan fingerprint density at radius 3 is 2.65 bits per heavy atom. The van der Waals surface area contributed by atoms with E-state index in [9.17, 15) is 14.7 Å². The number of rotatable bonds is 5. The van der Waals surface area contributed by atoms with Gasteiger partial charge in [0.15, 0.2) is 0 Å². The minimum absolute atomic E-state index is 0.0461. The highest BCUT2D eigenvalue weighted by Crippen LogP contribution is 2.18. The van der Waals surface area contributed by atoms with E-state index in [4.69, 9.17) is 9.84 Å². The van der Waals surface area contributed by atoms with Crippen LogP contribution in [0.4, 0.5) is 0 Å². The second-order valence-corrected chi connectivity index (χ2v) is 4.77.